The SMILES string of the molecule is COc1ccc2c(c1)[C@H]1C[C@@]13Cn1c-2c(C2CCCCC2)c2ccc(cc21)C(=O)NS(=O)(=O)N(C)CCCCN(C)C3=O. The standard InChI is InChI=1S/C33H40N4O5S/c1-35-15-7-8-16-36(2)43(40,41)34-31(38)22-11-13-25-28(17-22)37-20-33(32(35)39)19-27(33)26-18-23(42-3)12-14-24(26)30(37)29(25)21-9-5-4-6-10-21/h11-14,17-18,21,27H,4-10,15-16,19-20H2,1-3H3,(H,34,38)/t27-,33-/m1/s1. The Balaban J connectivity index is 1.50. The minimum atomic E-state index is -4.01. The first kappa shape index (κ1) is 28.4. The lowest BCUT2D eigenvalue weighted by Gasteiger charge is -2.26. The minimum absolute atomic E-state index is 0.0725. The average molecular weight is 605 g/mol. The molecule has 2 amide bonds. The van der Waals surface area contributed by atoms with Crippen LogP contribution >= 0.6 is 0 Å². The third-order valence-corrected chi connectivity index (χ3v) is 11.9. The van der Waals surface area contributed by atoms with E-state index in [1.54, 1.807) is 13.2 Å². The van der Waals surface area contributed by atoms with Gasteiger partial charge in [0.25, 0.3) is 5.91 Å². The number of amides is 2. The van der Waals surface area contributed by atoms with Crippen molar-refractivity contribution in [3.8, 4) is 17.0 Å². The Morgan fingerprint density at radius 3 is 2.49 bits per heavy atom. The van der Waals surface area contributed by atoms with Gasteiger partial charge in [0.15, 0.2) is 0 Å². The highest BCUT2D eigenvalue weighted by Gasteiger charge is 2.63. The van der Waals surface area contributed by atoms with Crippen molar-refractivity contribution >= 4 is 32.9 Å². The zero-order chi connectivity index (χ0) is 30.1. The number of nitrogens with zero attached hydrogens (tertiary/aromatic N) is 3. The zero-order valence-corrected chi connectivity index (χ0v) is 26.0. The van der Waals surface area contributed by atoms with E-state index >= 15 is 0 Å². The molecule has 2 fully saturated rings. The van der Waals surface area contributed by atoms with Crippen LogP contribution in [0.15, 0.2) is 36.4 Å². The first-order valence-corrected chi connectivity index (χ1v) is 17.0. The second-order valence-corrected chi connectivity index (χ2v) is 14.8. The van der Waals surface area contributed by atoms with Crippen molar-refractivity contribution in [2.24, 2.45) is 5.41 Å². The van der Waals surface area contributed by atoms with Crippen LogP contribution < -0.4 is 9.46 Å². The van der Waals surface area contributed by atoms with E-state index in [4.69, 9.17) is 4.74 Å². The van der Waals surface area contributed by atoms with E-state index in [0.29, 0.717) is 31.8 Å². The Kier molecular flexibility index (Phi) is 6.85. The van der Waals surface area contributed by atoms with Crippen LogP contribution in [0.4, 0.5) is 0 Å². The second kappa shape index (κ2) is 10.4. The van der Waals surface area contributed by atoms with E-state index in [9.17, 15) is 18.0 Å². The highest BCUT2D eigenvalue weighted by atomic mass is 32.2. The molecular weight excluding hydrogens is 564 g/mol. The monoisotopic (exact) mass is 604 g/mol. The summed E-state index contributed by atoms with van der Waals surface area (Å²) >= 11 is 0. The first-order chi connectivity index (χ1) is 20.6. The molecule has 2 aromatic carbocycles. The molecule has 1 spiro atoms. The molecule has 7 rings (SSSR count). The molecule has 2 saturated carbocycles. The molecule has 3 heterocycles. The van der Waals surface area contributed by atoms with Crippen LogP contribution in [0.2, 0.25) is 0 Å². The highest BCUT2D eigenvalue weighted by Crippen LogP contribution is 2.66. The summed E-state index contributed by atoms with van der Waals surface area (Å²) in [6, 6.07) is 11.8. The van der Waals surface area contributed by atoms with Crippen molar-refractivity contribution in [1.82, 2.24) is 18.5 Å². The summed E-state index contributed by atoms with van der Waals surface area (Å²) in [5.74, 6) is 0.704. The summed E-state index contributed by atoms with van der Waals surface area (Å²) in [4.78, 5) is 29.6. The lowest BCUT2D eigenvalue weighted by Crippen LogP contribution is -2.42. The quantitative estimate of drug-likeness (QED) is 0.443. The van der Waals surface area contributed by atoms with Gasteiger partial charge in [0.1, 0.15) is 5.75 Å². The molecule has 0 unspecified atom stereocenters. The minimum Gasteiger partial charge on any atom is -0.497 e. The topological polar surface area (TPSA) is 101 Å². The van der Waals surface area contributed by atoms with Gasteiger partial charge in [-0.15, -0.1) is 0 Å². The second-order valence-electron chi connectivity index (χ2n) is 13.0. The number of nitrogens with one attached hydrogen (secondary N) is 1. The lowest BCUT2D eigenvalue weighted by molar-refractivity contribution is -0.136. The van der Waals surface area contributed by atoms with Crippen LogP contribution in [0.3, 0.4) is 0 Å². The van der Waals surface area contributed by atoms with Crippen molar-refractivity contribution in [2.45, 2.75) is 69.7 Å². The summed E-state index contributed by atoms with van der Waals surface area (Å²) in [6.45, 7) is 1.30. The van der Waals surface area contributed by atoms with Crippen molar-refractivity contribution < 1.29 is 22.7 Å². The molecule has 3 aromatic rings. The summed E-state index contributed by atoms with van der Waals surface area (Å²) in [6.07, 6.45) is 7.77. The third-order valence-electron chi connectivity index (χ3n) is 10.4. The number of benzene rings is 2. The number of methoxy groups -OCH3 is 1. The maximum atomic E-state index is 14.4. The average Bonchev–Trinajstić information content (AvgIpc) is 3.68. The predicted molar refractivity (Wildman–Crippen MR) is 165 cm³/mol. The summed E-state index contributed by atoms with van der Waals surface area (Å²) in [5, 5.41) is 1.08. The molecule has 228 valence electrons. The number of aromatic nitrogens is 1. The van der Waals surface area contributed by atoms with Crippen molar-refractivity contribution in [3.05, 3.63) is 53.1 Å². The molecule has 9 nitrogen and oxygen atoms in total. The van der Waals surface area contributed by atoms with Crippen LogP contribution in [0.25, 0.3) is 22.2 Å². The van der Waals surface area contributed by atoms with Gasteiger partial charge in [0.2, 0.25) is 5.91 Å². The number of hydrogen-bond donors (Lipinski definition) is 1. The molecule has 1 N–H and O–H groups in total. The Hall–Kier alpha value is -3.37. The number of fused-ring (bicyclic) bond motifs is 4. The fourth-order valence-electron chi connectivity index (χ4n) is 7.96. The normalized spacial score (nSPS) is 26.2. The number of carbonyl (C=O) groups excluding carboxylic acids is 2. The molecule has 43 heavy (non-hydrogen) atoms. The van der Waals surface area contributed by atoms with Crippen molar-refractivity contribution in [1.29, 1.82) is 0 Å². The molecule has 2 atom stereocenters. The summed E-state index contributed by atoms with van der Waals surface area (Å²) < 4.78 is 37.4. The van der Waals surface area contributed by atoms with Crippen molar-refractivity contribution in [2.75, 3.05) is 34.3 Å². The summed E-state index contributed by atoms with van der Waals surface area (Å²) in [7, 11) is 1.01. The van der Waals surface area contributed by atoms with Gasteiger partial charge in [0, 0.05) is 61.7 Å². The van der Waals surface area contributed by atoms with E-state index in [0.717, 1.165) is 52.7 Å². The Morgan fingerprint density at radius 1 is 0.953 bits per heavy atom. The number of ether oxygens (including phenoxy) is 1. The predicted octanol–water partition coefficient (Wildman–Crippen LogP) is 5.01. The molecule has 0 saturated heterocycles. The lowest BCUT2D eigenvalue weighted by atomic mass is 9.81. The van der Waals surface area contributed by atoms with E-state index in [2.05, 4.69) is 21.4 Å². The van der Waals surface area contributed by atoms with Crippen LogP contribution in [0.1, 0.15) is 84.7 Å². The zero-order valence-electron chi connectivity index (χ0n) is 25.2. The van der Waals surface area contributed by atoms with Gasteiger partial charge in [-0.05, 0) is 79.5 Å². The third kappa shape index (κ3) is 4.56. The van der Waals surface area contributed by atoms with Gasteiger partial charge >= 0.3 is 10.2 Å². The van der Waals surface area contributed by atoms with Crippen LogP contribution in [-0.2, 0) is 21.5 Å². The molecule has 0 radical (unpaired) electrons. The molecule has 10 heteroatoms. The maximum Gasteiger partial charge on any atom is 0.303 e. The van der Waals surface area contributed by atoms with E-state index in [1.807, 2.05) is 30.1 Å². The number of hydrogen-bond acceptors (Lipinski definition) is 5. The fourth-order valence-corrected chi connectivity index (χ4v) is 8.84. The van der Waals surface area contributed by atoms with Gasteiger partial charge < -0.3 is 14.2 Å². The van der Waals surface area contributed by atoms with Gasteiger partial charge in [0.05, 0.1) is 18.2 Å². The van der Waals surface area contributed by atoms with Crippen LogP contribution in [0.5, 0.6) is 5.75 Å². The molecule has 2 aliphatic heterocycles. The largest absolute Gasteiger partial charge is 0.497 e. The van der Waals surface area contributed by atoms with E-state index in [-0.39, 0.29) is 23.9 Å². The van der Waals surface area contributed by atoms with Gasteiger partial charge in [-0.3, -0.25) is 9.59 Å². The number of carbonyl (C=O) groups is 2. The van der Waals surface area contributed by atoms with E-state index in [1.165, 1.54) is 36.2 Å². The molecule has 4 bridgehead atoms. The highest BCUT2D eigenvalue weighted by molar-refractivity contribution is 7.87. The van der Waals surface area contributed by atoms with Gasteiger partial charge in [-0.2, -0.15) is 12.7 Å². The fraction of sp³-hybridized carbons (Fsp3) is 0.515. The van der Waals surface area contributed by atoms with Crippen LogP contribution in [-0.4, -0.2) is 68.3 Å². The van der Waals surface area contributed by atoms with Gasteiger partial charge in [-0.1, -0.05) is 25.3 Å². The molecular formula is C33H40N4O5S. The Morgan fingerprint density at radius 2 is 1.72 bits per heavy atom. The molecule has 1 aromatic heterocycles. The Labute approximate surface area is 253 Å². The molecule has 4 aliphatic rings. The maximum absolute atomic E-state index is 14.4. The first-order valence-electron chi connectivity index (χ1n) is 15.5. The smallest absolute Gasteiger partial charge is 0.303 e. The van der Waals surface area contributed by atoms with Crippen molar-refractivity contribution in [3.63, 3.8) is 0 Å². The summed E-state index contributed by atoms with van der Waals surface area (Å²) in [5.41, 5.74) is 5.28. The van der Waals surface area contributed by atoms with E-state index < -0.39 is 21.5 Å². The van der Waals surface area contributed by atoms with Gasteiger partial charge in [-0.25, -0.2) is 4.72 Å². The number of rotatable bonds is 2. The molecule has 2 aliphatic carbocycles. The Bertz CT molecular complexity index is 1740. The van der Waals surface area contributed by atoms with Crippen LogP contribution in [0, 0.1) is 5.41 Å².